The molecule has 0 spiro atoms. The maximum atomic E-state index is 11.6. The van der Waals surface area contributed by atoms with Crippen molar-refractivity contribution in [3.8, 4) is 11.5 Å². The van der Waals surface area contributed by atoms with Crippen LogP contribution in [0.2, 0.25) is 0 Å². The summed E-state index contributed by atoms with van der Waals surface area (Å²) in [6.45, 7) is 2.52. The predicted molar refractivity (Wildman–Crippen MR) is 69.6 cm³/mol. The van der Waals surface area contributed by atoms with Crippen molar-refractivity contribution in [1.29, 1.82) is 0 Å². The molecule has 1 unspecified atom stereocenters. The fourth-order valence-electron chi connectivity index (χ4n) is 1.56. The zero-order chi connectivity index (χ0) is 13.5. The average Bonchev–Trinajstić information content (AvgIpc) is 2.42. The van der Waals surface area contributed by atoms with Gasteiger partial charge in [-0.3, -0.25) is 4.79 Å². The Balaban J connectivity index is 2.76. The van der Waals surface area contributed by atoms with E-state index < -0.39 is 0 Å². The Morgan fingerprint density at radius 2 is 2.11 bits per heavy atom. The van der Waals surface area contributed by atoms with E-state index in [1.54, 1.807) is 21.1 Å². The number of methoxy groups -OCH3 is 2. The number of carbonyl (C=O) groups excluding carboxylic acids is 1. The van der Waals surface area contributed by atoms with E-state index in [9.17, 15) is 4.79 Å². The van der Waals surface area contributed by atoms with Crippen molar-refractivity contribution >= 4 is 5.91 Å². The summed E-state index contributed by atoms with van der Waals surface area (Å²) in [7, 11) is 3.16. The van der Waals surface area contributed by atoms with Gasteiger partial charge < -0.3 is 20.5 Å². The Morgan fingerprint density at radius 1 is 1.39 bits per heavy atom. The van der Waals surface area contributed by atoms with E-state index in [0.717, 1.165) is 5.56 Å². The molecule has 5 heteroatoms. The molecule has 0 saturated carbocycles. The first-order valence-corrected chi connectivity index (χ1v) is 5.81. The van der Waals surface area contributed by atoms with Gasteiger partial charge in [-0.05, 0) is 6.07 Å². The van der Waals surface area contributed by atoms with Crippen LogP contribution < -0.4 is 20.5 Å². The number of hydrogen-bond acceptors (Lipinski definition) is 4. The standard InChI is InChI=1S/C13H20N2O3/c1-9(7-14)13(16)15-8-10-5-4-6-11(17-2)12(10)18-3/h4-6,9H,7-8,14H2,1-3H3,(H,15,16). The van der Waals surface area contributed by atoms with Gasteiger partial charge in [0.2, 0.25) is 5.91 Å². The monoisotopic (exact) mass is 252 g/mol. The van der Waals surface area contributed by atoms with Crippen LogP contribution in [0.4, 0.5) is 0 Å². The van der Waals surface area contributed by atoms with Gasteiger partial charge in [-0.15, -0.1) is 0 Å². The number of ether oxygens (including phenoxy) is 2. The summed E-state index contributed by atoms with van der Waals surface area (Å²) in [4.78, 5) is 11.6. The lowest BCUT2D eigenvalue weighted by Gasteiger charge is -2.14. The van der Waals surface area contributed by atoms with E-state index in [-0.39, 0.29) is 11.8 Å². The fourth-order valence-corrected chi connectivity index (χ4v) is 1.56. The smallest absolute Gasteiger partial charge is 0.224 e. The van der Waals surface area contributed by atoms with Gasteiger partial charge in [0.15, 0.2) is 11.5 Å². The molecule has 1 rings (SSSR count). The molecule has 1 aromatic carbocycles. The minimum absolute atomic E-state index is 0.0672. The fraction of sp³-hybridized carbons (Fsp3) is 0.462. The Labute approximate surface area is 107 Å². The molecule has 0 bridgehead atoms. The van der Waals surface area contributed by atoms with E-state index in [0.29, 0.717) is 24.6 Å². The van der Waals surface area contributed by atoms with Gasteiger partial charge in [0.05, 0.1) is 14.2 Å². The number of amides is 1. The van der Waals surface area contributed by atoms with Crippen LogP contribution in [0.15, 0.2) is 18.2 Å². The van der Waals surface area contributed by atoms with Crippen LogP contribution in [0.3, 0.4) is 0 Å². The number of hydrogen-bond donors (Lipinski definition) is 2. The van der Waals surface area contributed by atoms with E-state index in [1.807, 2.05) is 18.2 Å². The molecule has 0 heterocycles. The highest BCUT2D eigenvalue weighted by atomic mass is 16.5. The highest BCUT2D eigenvalue weighted by Gasteiger charge is 2.13. The van der Waals surface area contributed by atoms with Gasteiger partial charge in [-0.1, -0.05) is 19.1 Å². The molecule has 3 N–H and O–H groups in total. The molecule has 0 fully saturated rings. The van der Waals surface area contributed by atoms with E-state index in [2.05, 4.69) is 5.32 Å². The van der Waals surface area contributed by atoms with Gasteiger partial charge in [-0.2, -0.15) is 0 Å². The Hall–Kier alpha value is -1.75. The van der Waals surface area contributed by atoms with Crippen molar-refractivity contribution in [2.45, 2.75) is 13.5 Å². The summed E-state index contributed by atoms with van der Waals surface area (Å²) < 4.78 is 10.5. The molecule has 0 aliphatic rings. The minimum atomic E-state index is -0.193. The molecular weight excluding hydrogens is 232 g/mol. The van der Waals surface area contributed by atoms with Gasteiger partial charge >= 0.3 is 0 Å². The first-order chi connectivity index (χ1) is 8.63. The minimum Gasteiger partial charge on any atom is -0.493 e. The molecule has 18 heavy (non-hydrogen) atoms. The van der Waals surface area contributed by atoms with Crippen LogP contribution in [-0.2, 0) is 11.3 Å². The highest BCUT2D eigenvalue weighted by molar-refractivity contribution is 5.78. The average molecular weight is 252 g/mol. The van der Waals surface area contributed by atoms with Gasteiger partial charge in [0.25, 0.3) is 0 Å². The zero-order valence-corrected chi connectivity index (χ0v) is 11.0. The van der Waals surface area contributed by atoms with Crippen molar-refractivity contribution in [1.82, 2.24) is 5.32 Å². The molecule has 0 radical (unpaired) electrons. The number of carbonyl (C=O) groups is 1. The second kappa shape index (κ2) is 6.86. The summed E-state index contributed by atoms with van der Waals surface area (Å²) >= 11 is 0. The van der Waals surface area contributed by atoms with Crippen molar-refractivity contribution in [3.05, 3.63) is 23.8 Å². The largest absolute Gasteiger partial charge is 0.493 e. The van der Waals surface area contributed by atoms with Crippen LogP contribution in [0, 0.1) is 5.92 Å². The third kappa shape index (κ3) is 3.37. The molecule has 0 aliphatic carbocycles. The van der Waals surface area contributed by atoms with Crippen LogP contribution in [0.25, 0.3) is 0 Å². The molecule has 0 saturated heterocycles. The third-order valence-electron chi connectivity index (χ3n) is 2.74. The lowest BCUT2D eigenvalue weighted by Crippen LogP contribution is -2.32. The number of rotatable bonds is 6. The summed E-state index contributed by atoms with van der Waals surface area (Å²) in [5.74, 6) is 1.03. The lowest BCUT2D eigenvalue weighted by atomic mass is 10.1. The normalized spacial score (nSPS) is 11.8. The van der Waals surface area contributed by atoms with E-state index >= 15 is 0 Å². The number of benzene rings is 1. The second-order valence-corrected chi connectivity index (χ2v) is 4.01. The maximum absolute atomic E-state index is 11.6. The Bertz CT molecular complexity index is 407. The molecule has 1 aromatic rings. The first-order valence-electron chi connectivity index (χ1n) is 5.81. The van der Waals surface area contributed by atoms with Crippen LogP contribution >= 0.6 is 0 Å². The quantitative estimate of drug-likeness (QED) is 0.789. The molecule has 100 valence electrons. The number of nitrogens with one attached hydrogen (secondary N) is 1. The van der Waals surface area contributed by atoms with Crippen LogP contribution in [0.1, 0.15) is 12.5 Å². The summed E-state index contributed by atoms with van der Waals surface area (Å²) in [5, 5.41) is 2.82. The Morgan fingerprint density at radius 3 is 2.67 bits per heavy atom. The number of para-hydroxylation sites is 1. The molecule has 0 aromatic heterocycles. The molecule has 1 atom stereocenters. The third-order valence-corrected chi connectivity index (χ3v) is 2.74. The van der Waals surface area contributed by atoms with Gasteiger partial charge in [-0.25, -0.2) is 0 Å². The van der Waals surface area contributed by atoms with E-state index in [1.165, 1.54) is 0 Å². The van der Waals surface area contributed by atoms with Crippen molar-refractivity contribution < 1.29 is 14.3 Å². The first kappa shape index (κ1) is 14.3. The summed E-state index contributed by atoms with van der Waals surface area (Å²) in [5.41, 5.74) is 6.31. The van der Waals surface area contributed by atoms with Crippen LogP contribution in [-0.4, -0.2) is 26.7 Å². The van der Waals surface area contributed by atoms with Gasteiger partial charge in [0.1, 0.15) is 0 Å². The highest BCUT2D eigenvalue weighted by Crippen LogP contribution is 2.30. The SMILES string of the molecule is COc1cccc(CNC(=O)C(C)CN)c1OC. The van der Waals surface area contributed by atoms with Crippen LogP contribution in [0.5, 0.6) is 11.5 Å². The topological polar surface area (TPSA) is 73.6 Å². The molecular formula is C13H20N2O3. The van der Waals surface area contributed by atoms with Crippen molar-refractivity contribution in [2.24, 2.45) is 11.7 Å². The zero-order valence-electron chi connectivity index (χ0n) is 11.0. The predicted octanol–water partition coefficient (Wildman–Crippen LogP) is 0.915. The maximum Gasteiger partial charge on any atom is 0.224 e. The lowest BCUT2D eigenvalue weighted by molar-refractivity contribution is -0.124. The molecule has 5 nitrogen and oxygen atoms in total. The summed E-state index contributed by atoms with van der Waals surface area (Å²) in [6.07, 6.45) is 0. The second-order valence-electron chi connectivity index (χ2n) is 4.01. The Kier molecular flexibility index (Phi) is 5.45. The molecule has 1 amide bonds. The van der Waals surface area contributed by atoms with Crippen molar-refractivity contribution in [2.75, 3.05) is 20.8 Å². The van der Waals surface area contributed by atoms with Crippen molar-refractivity contribution in [3.63, 3.8) is 0 Å². The van der Waals surface area contributed by atoms with E-state index in [4.69, 9.17) is 15.2 Å². The molecule has 0 aliphatic heterocycles. The summed E-state index contributed by atoms with van der Waals surface area (Å²) in [6, 6.07) is 5.55. The number of nitrogens with two attached hydrogens (primary N) is 1. The van der Waals surface area contributed by atoms with Gasteiger partial charge in [0, 0.05) is 24.6 Å².